The number of methoxy groups -OCH3 is 1. The summed E-state index contributed by atoms with van der Waals surface area (Å²) in [4.78, 5) is 17.7. The fraction of sp³-hybridized carbons (Fsp3) is 0.0455. The summed E-state index contributed by atoms with van der Waals surface area (Å²) in [5.41, 5.74) is 1.16. The molecule has 0 saturated heterocycles. The molecule has 0 saturated carbocycles. The first-order valence-corrected chi connectivity index (χ1v) is 12.0. The largest absolute Gasteiger partial charge is 0.497 e. The molecule has 0 aliphatic carbocycles. The van der Waals surface area contributed by atoms with Crippen LogP contribution in [0.5, 0.6) is 5.75 Å². The van der Waals surface area contributed by atoms with E-state index in [0.29, 0.717) is 32.4 Å². The van der Waals surface area contributed by atoms with Gasteiger partial charge in [0.05, 0.1) is 12.0 Å². The quantitative estimate of drug-likeness (QED) is 0.408. The maximum atomic E-state index is 12.8. The zero-order valence-electron chi connectivity index (χ0n) is 17.1. The van der Waals surface area contributed by atoms with Crippen LogP contribution in [0.25, 0.3) is 33.7 Å². The molecular formula is C22H16N4O5S2. The molecule has 0 aliphatic rings. The highest BCUT2D eigenvalue weighted by atomic mass is 32.2. The smallest absolute Gasteiger partial charge is 0.291 e. The second-order valence-electron chi connectivity index (χ2n) is 7.05. The predicted octanol–water partition coefficient (Wildman–Crippen LogP) is 2.28. The predicted molar refractivity (Wildman–Crippen MR) is 123 cm³/mol. The molecule has 3 heterocycles. The number of fused-ring (bicyclic) bond motifs is 1. The molecule has 33 heavy (non-hydrogen) atoms. The molecule has 5 rings (SSSR count). The molecular weight excluding hydrogens is 464 g/mol. The van der Waals surface area contributed by atoms with Crippen molar-refractivity contribution in [3.05, 3.63) is 81.3 Å². The number of rotatable bonds is 5. The summed E-state index contributed by atoms with van der Waals surface area (Å²) in [6.45, 7) is 0. The van der Waals surface area contributed by atoms with Crippen LogP contribution in [0.2, 0.25) is 0 Å². The first-order valence-electron chi connectivity index (χ1n) is 9.60. The van der Waals surface area contributed by atoms with Crippen LogP contribution >= 0.6 is 11.3 Å². The SMILES string of the molecule is COc1ccc(-c2nc3s/c(=C\c4ccc(-c5ccc(S(N)(=O)=O)cc5)o4)c(=O)n3n2)cc1. The standard InChI is InChI=1S/C22H16N4O5S2/c1-30-15-6-2-14(3-7-15)20-24-22-26(25-20)21(27)19(32-22)12-16-8-11-18(31-16)13-4-9-17(10-5-13)33(23,28)29/h2-12H,1H3,(H2,23,28,29)/b19-12-. The third kappa shape index (κ3) is 4.04. The van der Waals surface area contributed by atoms with Crippen LogP contribution in [0.3, 0.4) is 0 Å². The van der Waals surface area contributed by atoms with Gasteiger partial charge in [-0.1, -0.05) is 11.3 Å². The van der Waals surface area contributed by atoms with Gasteiger partial charge in [-0.3, -0.25) is 4.79 Å². The number of nitrogens with zero attached hydrogens (tertiary/aromatic N) is 3. The van der Waals surface area contributed by atoms with Crippen LogP contribution < -0.4 is 20.0 Å². The van der Waals surface area contributed by atoms with Crippen molar-refractivity contribution in [3.8, 4) is 28.5 Å². The molecule has 0 atom stereocenters. The van der Waals surface area contributed by atoms with Crippen molar-refractivity contribution >= 4 is 32.4 Å². The Morgan fingerprint density at radius 1 is 1.03 bits per heavy atom. The van der Waals surface area contributed by atoms with Gasteiger partial charge in [0.25, 0.3) is 5.56 Å². The summed E-state index contributed by atoms with van der Waals surface area (Å²) >= 11 is 1.21. The molecule has 166 valence electrons. The maximum Gasteiger partial charge on any atom is 0.291 e. The lowest BCUT2D eigenvalue weighted by molar-refractivity contribution is 0.415. The molecule has 0 aliphatic heterocycles. The number of ether oxygens (including phenoxy) is 1. The molecule has 11 heteroatoms. The van der Waals surface area contributed by atoms with E-state index in [1.807, 2.05) is 12.1 Å². The number of aromatic nitrogens is 3. The molecule has 5 aromatic rings. The zero-order valence-corrected chi connectivity index (χ0v) is 18.8. The Labute approximate surface area is 191 Å². The lowest BCUT2D eigenvalue weighted by Gasteiger charge is -2.00. The van der Waals surface area contributed by atoms with E-state index in [2.05, 4.69) is 10.1 Å². The van der Waals surface area contributed by atoms with E-state index >= 15 is 0 Å². The number of sulfonamides is 1. The molecule has 0 spiro atoms. The fourth-order valence-corrected chi connectivity index (χ4v) is 4.62. The minimum Gasteiger partial charge on any atom is -0.497 e. The van der Waals surface area contributed by atoms with Crippen LogP contribution in [-0.4, -0.2) is 30.1 Å². The molecule has 2 N–H and O–H groups in total. The molecule has 9 nitrogen and oxygen atoms in total. The summed E-state index contributed by atoms with van der Waals surface area (Å²) in [5.74, 6) is 2.17. The first-order chi connectivity index (χ1) is 15.8. The lowest BCUT2D eigenvalue weighted by atomic mass is 10.2. The average Bonchev–Trinajstić information content (AvgIpc) is 3.51. The fourth-order valence-electron chi connectivity index (χ4n) is 3.22. The molecule has 0 unspecified atom stereocenters. The average molecular weight is 481 g/mol. The van der Waals surface area contributed by atoms with Gasteiger partial charge in [-0.15, -0.1) is 5.10 Å². The highest BCUT2D eigenvalue weighted by Gasteiger charge is 2.13. The Morgan fingerprint density at radius 2 is 1.73 bits per heavy atom. The van der Waals surface area contributed by atoms with E-state index in [-0.39, 0.29) is 10.5 Å². The molecule has 0 bridgehead atoms. The monoisotopic (exact) mass is 480 g/mol. The second-order valence-corrected chi connectivity index (χ2v) is 9.62. The van der Waals surface area contributed by atoms with Gasteiger partial charge in [-0.25, -0.2) is 13.6 Å². The van der Waals surface area contributed by atoms with Crippen molar-refractivity contribution in [1.29, 1.82) is 0 Å². The van der Waals surface area contributed by atoms with Crippen molar-refractivity contribution in [1.82, 2.24) is 14.6 Å². The van der Waals surface area contributed by atoms with E-state index in [1.165, 1.54) is 28.0 Å². The summed E-state index contributed by atoms with van der Waals surface area (Å²) in [7, 11) is -2.17. The number of hydrogen-bond acceptors (Lipinski definition) is 8. The minimum absolute atomic E-state index is 0.0176. The Bertz CT molecular complexity index is 1680. The van der Waals surface area contributed by atoms with Crippen LogP contribution in [0.4, 0.5) is 0 Å². The Balaban J connectivity index is 1.45. The number of nitrogens with two attached hydrogens (primary N) is 1. The highest BCUT2D eigenvalue weighted by Crippen LogP contribution is 2.24. The van der Waals surface area contributed by atoms with Gasteiger partial charge in [0.15, 0.2) is 5.82 Å². The molecule has 2 aromatic carbocycles. The Hall–Kier alpha value is -3.80. The van der Waals surface area contributed by atoms with Gasteiger partial charge in [-0.05, 0) is 60.7 Å². The minimum atomic E-state index is -3.76. The highest BCUT2D eigenvalue weighted by molar-refractivity contribution is 7.89. The molecule has 0 amide bonds. The van der Waals surface area contributed by atoms with E-state index in [0.717, 1.165) is 11.3 Å². The third-order valence-corrected chi connectivity index (χ3v) is 6.79. The number of benzene rings is 2. The van der Waals surface area contributed by atoms with Gasteiger partial charge >= 0.3 is 0 Å². The number of furan rings is 1. The molecule has 3 aromatic heterocycles. The maximum absolute atomic E-state index is 12.8. The van der Waals surface area contributed by atoms with Gasteiger partial charge in [0.1, 0.15) is 21.8 Å². The topological polar surface area (TPSA) is 130 Å². The summed E-state index contributed by atoms with van der Waals surface area (Å²) in [6, 6.07) is 16.8. The Kier molecular flexibility index (Phi) is 5.08. The number of hydrogen-bond donors (Lipinski definition) is 1. The van der Waals surface area contributed by atoms with E-state index in [4.69, 9.17) is 14.3 Å². The second kappa shape index (κ2) is 7.96. The zero-order chi connectivity index (χ0) is 23.2. The van der Waals surface area contributed by atoms with Gasteiger partial charge in [0, 0.05) is 17.2 Å². The van der Waals surface area contributed by atoms with Crippen molar-refractivity contribution in [3.63, 3.8) is 0 Å². The van der Waals surface area contributed by atoms with E-state index in [1.54, 1.807) is 49.6 Å². The Morgan fingerprint density at radius 3 is 2.36 bits per heavy atom. The molecule has 0 radical (unpaired) electrons. The van der Waals surface area contributed by atoms with Gasteiger partial charge in [0.2, 0.25) is 15.0 Å². The van der Waals surface area contributed by atoms with Crippen LogP contribution in [0, 0.1) is 0 Å². The summed E-state index contributed by atoms with van der Waals surface area (Å²) < 4.78 is 35.5. The van der Waals surface area contributed by atoms with E-state index < -0.39 is 10.0 Å². The normalized spacial score (nSPS) is 12.5. The summed E-state index contributed by atoms with van der Waals surface area (Å²) in [5, 5.41) is 9.46. The summed E-state index contributed by atoms with van der Waals surface area (Å²) in [6.07, 6.45) is 1.62. The first kappa shape index (κ1) is 21.1. The van der Waals surface area contributed by atoms with Crippen LogP contribution in [0.1, 0.15) is 5.76 Å². The number of primary sulfonamides is 1. The lowest BCUT2D eigenvalue weighted by Crippen LogP contribution is -2.23. The van der Waals surface area contributed by atoms with Crippen molar-refractivity contribution in [2.24, 2.45) is 5.14 Å². The number of thiazole rings is 1. The van der Waals surface area contributed by atoms with Crippen LogP contribution in [-0.2, 0) is 10.0 Å². The molecule has 0 fully saturated rings. The van der Waals surface area contributed by atoms with Crippen molar-refractivity contribution in [2.75, 3.05) is 7.11 Å². The van der Waals surface area contributed by atoms with Gasteiger partial charge in [-0.2, -0.15) is 9.50 Å². The van der Waals surface area contributed by atoms with Crippen LogP contribution in [0.15, 0.2) is 74.8 Å². The third-order valence-electron chi connectivity index (χ3n) is 4.90. The van der Waals surface area contributed by atoms with Crippen molar-refractivity contribution < 1.29 is 17.6 Å². The van der Waals surface area contributed by atoms with Crippen molar-refractivity contribution in [2.45, 2.75) is 4.90 Å². The van der Waals surface area contributed by atoms with Gasteiger partial charge < -0.3 is 9.15 Å². The van der Waals surface area contributed by atoms with E-state index in [9.17, 15) is 13.2 Å².